The van der Waals surface area contributed by atoms with E-state index in [1.54, 1.807) is 0 Å². The van der Waals surface area contributed by atoms with Crippen molar-refractivity contribution in [2.75, 3.05) is 0 Å². The van der Waals surface area contributed by atoms with Crippen LogP contribution < -0.4 is 0 Å². The number of aliphatic hydroxyl groups excluding tert-OH is 1. The lowest BCUT2D eigenvalue weighted by Crippen LogP contribution is -2.11. The van der Waals surface area contributed by atoms with E-state index < -0.39 is 17.0 Å². The molecule has 0 radical (unpaired) electrons. The fraction of sp³-hybridized carbons (Fsp3) is 0.125. The number of hydrogen-bond donors (Lipinski definition) is 2. The van der Waals surface area contributed by atoms with Crippen LogP contribution in [-0.2, 0) is 4.79 Å². The van der Waals surface area contributed by atoms with E-state index in [0.717, 1.165) is 6.07 Å². The SMILES string of the molecule is O=C(O)C(O)c1cc([N+](=O)[O-])ccc1Br. The normalized spacial score (nSPS) is 12.1. The Morgan fingerprint density at radius 1 is 1.53 bits per heavy atom. The van der Waals surface area contributed by atoms with Gasteiger partial charge in [0.25, 0.3) is 5.69 Å². The Bertz CT molecular complexity index is 419. The summed E-state index contributed by atoms with van der Waals surface area (Å²) in [4.78, 5) is 20.2. The maximum Gasteiger partial charge on any atom is 0.337 e. The number of non-ortho nitro benzene ring substituents is 1. The van der Waals surface area contributed by atoms with Crippen molar-refractivity contribution >= 4 is 27.6 Å². The third kappa shape index (κ3) is 2.51. The number of hydrogen-bond acceptors (Lipinski definition) is 4. The standard InChI is InChI=1S/C8H6BrNO5/c9-6-2-1-4(10(14)15)3-5(6)7(11)8(12)13/h1-3,7,11H,(H,12,13). The predicted molar refractivity (Wildman–Crippen MR) is 53.4 cm³/mol. The highest BCUT2D eigenvalue weighted by Gasteiger charge is 2.21. The highest BCUT2D eigenvalue weighted by Crippen LogP contribution is 2.27. The molecule has 0 bridgehead atoms. The Morgan fingerprint density at radius 2 is 2.13 bits per heavy atom. The molecule has 1 rings (SSSR count). The molecule has 0 fully saturated rings. The van der Waals surface area contributed by atoms with E-state index in [0.29, 0.717) is 4.47 Å². The molecule has 1 atom stereocenters. The molecule has 0 saturated carbocycles. The lowest BCUT2D eigenvalue weighted by molar-refractivity contribution is -0.385. The first-order chi connectivity index (χ1) is 6.93. The van der Waals surface area contributed by atoms with Crippen LogP contribution in [-0.4, -0.2) is 21.1 Å². The highest BCUT2D eigenvalue weighted by molar-refractivity contribution is 9.10. The maximum absolute atomic E-state index is 10.5. The summed E-state index contributed by atoms with van der Waals surface area (Å²) in [5.41, 5.74) is -0.315. The van der Waals surface area contributed by atoms with Gasteiger partial charge in [-0.05, 0) is 6.07 Å². The summed E-state index contributed by atoms with van der Waals surface area (Å²) in [5.74, 6) is -1.46. The van der Waals surface area contributed by atoms with Gasteiger partial charge in [0, 0.05) is 22.2 Å². The van der Waals surface area contributed by atoms with E-state index in [2.05, 4.69) is 15.9 Å². The number of rotatable bonds is 3. The Kier molecular flexibility index (Phi) is 3.38. The van der Waals surface area contributed by atoms with E-state index in [1.165, 1.54) is 12.1 Å². The highest BCUT2D eigenvalue weighted by atomic mass is 79.9. The average Bonchev–Trinajstić information content (AvgIpc) is 2.16. The summed E-state index contributed by atoms with van der Waals surface area (Å²) in [6.07, 6.45) is -1.78. The molecule has 0 aliphatic heterocycles. The molecule has 0 heterocycles. The first kappa shape index (κ1) is 11.6. The van der Waals surface area contributed by atoms with Crippen LogP contribution in [0, 0.1) is 10.1 Å². The molecule has 15 heavy (non-hydrogen) atoms. The molecule has 7 heteroatoms. The van der Waals surface area contributed by atoms with Crippen LogP contribution in [0.25, 0.3) is 0 Å². The molecule has 0 aliphatic rings. The summed E-state index contributed by atoms with van der Waals surface area (Å²) >= 11 is 3.00. The Balaban J connectivity index is 3.22. The van der Waals surface area contributed by atoms with Crippen molar-refractivity contribution in [2.24, 2.45) is 0 Å². The molecule has 1 unspecified atom stereocenters. The third-order valence-corrected chi connectivity index (χ3v) is 2.44. The zero-order valence-electron chi connectivity index (χ0n) is 7.25. The Hall–Kier alpha value is -1.47. The van der Waals surface area contributed by atoms with Crippen molar-refractivity contribution in [3.63, 3.8) is 0 Å². The van der Waals surface area contributed by atoms with Gasteiger partial charge >= 0.3 is 5.97 Å². The van der Waals surface area contributed by atoms with Crippen molar-refractivity contribution in [1.82, 2.24) is 0 Å². The van der Waals surface area contributed by atoms with E-state index in [-0.39, 0.29) is 11.3 Å². The number of aliphatic hydroxyl groups is 1. The number of nitro groups is 1. The zero-order valence-corrected chi connectivity index (χ0v) is 8.84. The largest absolute Gasteiger partial charge is 0.479 e. The van der Waals surface area contributed by atoms with Gasteiger partial charge in [-0.3, -0.25) is 10.1 Å². The zero-order chi connectivity index (χ0) is 11.6. The monoisotopic (exact) mass is 275 g/mol. The number of nitrogens with zero attached hydrogens (tertiary/aromatic N) is 1. The van der Waals surface area contributed by atoms with Crippen LogP contribution >= 0.6 is 15.9 Å². The van der Waals surface area contributed by atoms with Gasteiger partial charge in [-0.25, -0.2) is 4.79 Å². The van der Waals surface area contributed by atoms with E-state index in [9.17, 15) is 20.0 Å². The quantitative estimate of drug-likeness (QED) is 0.643. The lowest BCUT2D eigenvalue weighted by Gasteiger charge is -2.07. The van der Waals surface area contributed by atoms with Crippen LogP contribution in [0.2, 0.25) is 0 Å². The molecular formula is C8H6BrNO5. The molecule has 0 amide bonds. The molecule has 0 aromatic heterocycles. The minimum absolute atomic E-state index is 0.0447. The minimum atomic E-state index is -1.78. The summed E-state index contributed by atoms with van der Waals surface area (Å²) in [5, 5.41) is 28.2. The molecule has 0 spiro atoms. The van der Waals surface area contributed by atoms with Gasteiger partial charge < -0.3 is 10.2 Å². The number of nitro benzene ring substituents is 1. The fourth-order valence-electron chi connectivity index (χ4n) is 0.987. The predicted octanol–water partition coefficient (Wildman–Crippen LogP) is 1.48. The second-order valence-corrected chi connectivity index (χ2v) is 3.56. The van der Waals surface area contributed by atoms with E-state index in [4.69, 9.17) is 5.11 Å². The number of aliphatic carboxylic acids is 1. The molecule has 80 valence electrons. The molecule has 1 aromatic rings. The fourth-order valence-corrected chi connectivity index (χ4v) is 1.45. The van der Waals surface area contributed by atoms with E-state index in [1.807, 2.05) is 0 Å². The summed E-state index contributed by atoms with van der Waals surface area (Å²) < 4.78 is 0.308. The van der Waals surface area contributed by atoms with Gasteiger partial charge in [0.15, 0.2) is 6.10 Å². The Labute approximate surface area is 92.4 Å². The first-order valence-electron chi connectivity index (χ1n) is 3.78. The molecular weight excluding hydrogens is 270 g/mol. The van der Waals surface area contributed by atoms with Gasteiger partial charge in [-0.1, -0.05) is 15.9 Å². The van der Waals surface area contributed by atoms with Gasteiger partial charge in [-0.2, -0.15) is 0 Å². The molecule has 1 aromatic carbocycles. The number of carbonyl (C=O) groups is 1. The van der Waals surface area contributed by atoms with Crippen LogP contribution in [0.3, 0.4) is 0 Å². The number of carboxylic acid groups (broad SMARTS) is 1. The lowest BCUT2D eigenvalue weighted by atomic mass is 10.1. The number of halogens is 1. The van der Waals surface area contributed by atoms with Crippen LogP contribution in [0.15, 0.2) is 22.7 Å². The maximum atomic E-state index is 10.5. The second kappa shape index (κ2) is 4.37. The second-order valence-electron chi connectivity index (χ2n) is 2.70. The number of carboxylic acids is 1. The van der Waals surface area contributed by atoms with Crippen molar-refractivity contribution in [3.05, 3.63) is 38.3 Å². The van der Waals surface area contributed by atoms with Crippen LogP contribution in [0.4, 0.5) is 5.69 Å². The molecule has 6 nitrogen and oxygen atoms in total. The van der Waals surface area contributed by atoms with Gasteiger partial charge in [0.1, 0.15) is 0 Å². The smallest absolute Gasteiger partial charge is 0.337 e. The van der Waals surface area contributed by atoms with Gasteiger partial charge in [0.2, 0.25) is 0 Å². The van der Waals surface area contributed by atoms with Gasteiger partial charge in [0.05, 0.1) is 4.92 Å². The first-order valence-corrected chi connectivity index (χ1v) is 4.57. The average molecular weight is 276 g/mol. The minimum Gasteiger partial charge on any atom is -0.479 e. The summed E-state index contributed by atoms with van der Waals surface area (Å²) in [6, 6.07) is 3.55. The molecule has 0 aliphatic carbocycles. The van der Waals surface area contributed by atoms with Crippen molar-refractivity contribution in [3.8, 4) is 0 Å². The Morgan fingerprint density at radius 3 is 2.60 bits per heavy atom. The third-order valence-electron chi connectivity index (χ3n) is 1.72. The van der Waals surface area contributed by atoms with Crippen molar-refractivity contribution in [2.45, 2.75) is 6.10 Å². The van der Waals surface area contributed by atoms with Crippen molar-refractivity contribution in [1.29, 1.82) is 0 Å². The summed E-state index contributed by atoms with van der Waals surface area (Å²) in [6.45, 7) is 0. The molecule has 2 N–H and O–H groups in total. The van der Waals surface area contributed by atoms with E-state index >= 15 is 0 Å². The topological polar surface area (TPSA) is 101 Å². The van der Waals surface area contributed by atoms with Crippen molar-refractivity contribution < 1.29 is 19.9 Å². The van der Waals surface area contributed by atoms with Crippen LogP contribution in [0.5, 0.6) is 0 Å². The summed E-state index contributed by atoms with van der Waals surface area (Å²) in [7, 11) is 0. The number of benzene rings is 1. The van der Waals surface area contributed by atoms with Crippen LogP contribution in [0.1, 0.15) is 11.7 Å². The molecule has 0 saturated heterocycles. The van der Waals surface area contributed by atoms with Gasteiger partial charge in [-0.15, -0.1) is 0 Å².